The standard InChI is InChI=1S/C36H42ClF2N3O4/c1-23-4-3-5-24(2)35(23)46-17-16-45-29-11-7-26(8-12-29)30-14-15-41-32(22-43)34(30)36(44)42(28-9-10-28)21-27-18-25(6-13-31(27)37)19-40-20-33(38)39/h3-8,11-13,18,28,32-33,40-41,43H,9-10,14-17,19-22H2,1-2H3. The number of hydrogen-bond acceptors (Lipinski definition) is 6. The average Bonchev–Trinajstić information content (AvgIpc) is 3.89. The van der Waals surface area contributed by atoms with Crippen LogP contribution in [0.1, 0.15) is 47.1 Å². The molecule has 1 saturated carbocycles. The van der Waals surface area contributed by atoms with E-state index in [0.717, 1.165) is 52.0 Å². The van der Waals surface area contributed by atoms with Crippen LogP contribution < -0.4 is 20.1 Å². The molecule has 46 heavy (non-hydrogen) atoms. The van der Waals surface area contributed by atoms with Gasteiger partial charge in [-0.2, -0.15) is 0 Å². The lowest BCUT2D eigenvalue weighted by atomic mass is 9.88. The Balaban J connectivity index is 1.31. The van der Waals surface area contributed by atoms with Gasteiger partial charge in [0.1, 0.15) is 24.7 Å². The van der Waals surface area contributed by atoms with Crippen LogP contribution in [-0.4, -0.2) is 67.3 Å². The molecule has 0 saturated heterocycles. The van der Waals surface area contributed by atoms with Crippen molar-refractivity contribution in [3.63, 3.8) is 0 Å². The molecule has 5 rings (SSSR count). The van der Waals surface area contributed by atoms with E-state index in [1.165, 1.54) is 0 Å². The summed E-state index contributed by atoms with van der Waals surface area (Å²) in [6.07, 6.45) is -0.0279. The number of benzene rings is 3. The van der Waals surface area contributed by atoms with Gasteiger partial charge in [-0.1, -0.05) is 54.1 Å². The second-order valence-corrected chi connectivity index (χ2v) is 12.3. The SMILES string of the molecule is Cc1cccc(C)c1OCCOc1ccc(C2=C(C(=O)N(Cc3cc(CNCC(F)F)ccc3Cl)C3CC3)C(CO)NCC2)cc1. The maximum absolute atomic E-state index is 14.3. The first-order chi connectivity index (χ1) is 22.2. The molecule has 1 atom stereocenters. The van der Waals surface area contributed by atoms with Crippen molar-refractivity contribution >= 4 is 23.1 Å². The van der Waals surface area contributed by atoms with E-state index in [1.807, 2.05) is 67.3 Å². The van der Waals surface area contributed by atoms with Crippen molar-refractivity contribution in [1.29, 1.82) is 0 Å². The fraction of sp³-hybridized carbons (Fsp3) is 0.417. The van der Waals surface area contributed by atoms with Crippen molar-refractivity contribution in [2.45, 2.75) is 64.7 Å². The number of nitrogens with one attached hydrogen (secondary N) is 2. The van der Waals surface area contributed by atoms with Crippen LogP contribution in [0, 0.1) is 13.8 Å². The van der Waals surface area contributed by atoms with Crippen molar-refractivity contribution in [1.82, 2.24) is 15.5 Å². The number of aliphatic hydroxyl groups is 1. The number of nitrogens with zero attached hydrogens (tertiary/aromatic N) is 1. The fourth-order valence-corrected chi connectivity index (χ4v) is 6.09. The number of ether oxygens (including phenoxy) is 2. The summed E-state index contributed by atoms with van der Waals surface area (Å²) in [5.74, 6) is 1.45. The van der Waals surface area contributed by atoms with Crippen molar-refractivity contribution in [3.8, 4) is 11.5 Å². The molecule has 2 aliphatic rings. The number of carbonyl (C=O) groups is 1. The van der Waals surface area contributed by atoms with E-state index in [2.05, 4.69) is 10.6 Å². The van der Waals surface area contributed by atoms with E-state index in [-0.39, 0.29) is 31.6 Å². The largest absolute Gasteiger partial charge is 0.490 e. The van der Waals surface area contributed by atoms with Crippen LogP contribution in [0.3, 0.4) is 0 Å². The lowest BCUT2D eigenvalue weighted by Crippen LogP contribution is -2.46. The minimum atomic E-state index is -2.43. The molecular weight excluding hydrogens is 612 g/mol. The summed E-state index contributed by atoms with van der Waals surface area (Å²) in [5, 5.41) is 16.9. The number of halogens is 3. The van der Waals surface area contributed by atoms with Gasteiger partial charge in [-0.15, -0.1) is 0 Å². The Bertz CT molecular complexity index is 1510. The Labute approximate surface area is 274 Å². The van der Waals surface area contributed by atoms with Gasteiger partial charge in [-0.25, -0.2) is 8.78 Å². The number of alkyl halides is 2. The molecule has 3 N–H and O–H groups in total. The maximum Gasteiger partial charge on any atom is 0.252 e. The van der Waals surface area contributed by atoms with Gasteiger partial charge >= 0.3 is 0 Å². The number of carbonyl (C=O) groups excluding carboxylic acids is 1. The molecule has 1 aliphatic carbocycles. The number of aliphatic hydroxyl groups excluding tert-OH is 1. The molecule has 0 bridgehead atoms. The smallest absolute Gasteiger partial charge is 0.252 e. The van der Waals surface area contributed by atoms with Crippen LogP contribution in [0.15, 0.2) is 66.2 Å². The van der Waals surface area contributed by atoms with Crippen LogP contribution in [0.4, 0.5) is 8.78 Å². The molecular formula is C36H42ClF2N3O4. The summed E-state index contributed by atoms with van der Waals surface area (Å²) in [6, 6.07) is 18.7. The average molecular weight is 654 g/mol. The summed E-state index contributed by atoms with van der Waals surface area (Å²) in [5.41, 5.74) is 6.11. The van der Waals surface area contributed by atoms with Crippen LogP contribution in [0.2, 0.25) is 5.02 Å². The van der Waals surface area contributed by atoms with Crippen LogP contribution in [0.5, 0.6) is 11.5 Å². The Morgan fingerprint density at radius 2 is 1.78 bits per heavy atom. The third kappa shape index (κ3) is 8.64. The van der Waals surface area contributed by atoms with Crippen LogP contribution in [-0.2, 0) is 17.9 Å². The van der Waals surface area contributed by atoms with Gasteiger partial charge in [0.05, 0.1) is 19.2 Å². The van der Waals surface area contributed by atoms with Crippen molar-refractivity contribution in [2.75, 3.05) is 32.9 Å². The number of hydrogen-bond donors (Lipinski definition) is 3. The van der Waals surface area contributed by atoms with Gasteiger partial charge in [0.15, 0.2) is 0 Å². The third-order valence-corrected chi connectivity index (χ3v) is 8.76. The molecule has 0 spiro atoms. The van der Waals surface area contributed by atoms with Crippen LogP contribution in [0.25, 0.3) is 5.57 Å². The molecule has 1 heterocycles. The minimum Gasteiger partial charge on any atom is -0.490 e. The summed E-state index contributed by atoms with van der Waals surface area (Å²) < 4.78 is 37.1. The molecule has 1 fully saturated rings. The highest BCUT2D eigenvalue weighted by molar-refractivity contribution is 6.31. The molecule has 1 aliphatic heterocycles. The molecule has 0 radical (unpaired) electrons. The van der Waals surface area contributed by atoms with E-state index >= 15 is 0 Å². The Hall–Kier alpha value is -3.50. The highest BCUT2D eigenvalue weighted by Crippen LogP contribution is 2.36. The fourth-order valence-electron chi connectivity index (χ4n) is 5.91. The summed E-state index contributed by atoms with van der Waals surface area (Å²) in [4.78, 5) is 16.2. The molecule has 3 aromatic carbocycles. The normalized spacial score (nSPS) is 16.5. The Morgan fingerprint density at radius 1 is 1.07 bits per heavy atom. The molecule has 7 nitrogen and oxygen atoms in total. The summed E-state index contributed by atoms with van der Waals surface area (Å²) in [6.45, 7) is 5.43. The topological polar surface area (TPSA) is 83.1 Å². The zero-order valence-electron chi connectivity index (χ0n) is 26.3. The van der Waals surface area contributed by atoms with E-state index < -0.39 is 19.0 Å². The first-order valence-electron chi connectivity index (χ1n) is 15.8. The van der Waals surface area contributed by atoms with Gasteiger partial charge in [0.2, 0.25) is 0 Å². The first-order valence-corrected chi connectivity index (χ1v) is 16.2. The monoisotopic (exact) mass is 653 g/mol. The first kappa shape index (κ1) is 33.9. The quantitative estimate of drug-likeness (QED) is 0.173. The van der Waals surface area contributed by atoms with Crippen LogP contribution >= 0.6 is 11.6 Å². The maximum atomic E-state index is 14.3. The Kier molecular flexibility index (Phi) is 11.7. The van der Waals surface area contributed by atoms with E-state index in [1.54, 1.807) is 12.1 Å². The van der Waals surface area contributed by atoms with Gasteiger partial charge < -0.3 is 30.1 Å². The molecule has 1 amide bonds. The summed E-state index contributed by atoms with van der Waals surface area (Å²) in [7, 11) is 0. The summed E-state index contributed by atoms with van der Waals surface area (Å²) >= 11 is 6.56. The molecule has 3 aromatic rings. The highest BCUT2D eigenvalue weighted by atomic mass is 35.5. The predicted molar refractivity (Wildman–Crippen MR) is 176 cm³/mol. The molecule has 246 valence electrons. The van der Waals surface area contributed by atoms with Gasteiger partial charge in [-0.3, -0.25) is 4.79 Å². The van der Waals surface area contributed by atoms with Crippen molar-refractivity contribution in [2.24, 2.45) is 0 Å². The van der Waals surface area contributed by atoms with Crippen molar-refractivity contribution in [3.05, 3.63) is 99.1 Å². The van der Waals surface area contributed by atoms with E-state index in [4.69, 9.17) is 21.1 Å². The second kappa shape index (κ2) is 15.9. The van der Waals surface area contributed by atoms with E-state index in [0.29, 0.717) is 42.5 Å². The van der Waals surface area contributed by atoms with Gasteiger partial charge in [0, 0.05) is 29.7 Å². The molecule has 10 heteroatoms. The molecule has 1 unspecified atom stereocenters. The van der Waals surface area contributed by atoms with Gasteiger partial charge in [-0.05, 0) is 91.2 Å². The number of rotatable bonds is 15. The lowest BCUT2D eigenvalue weighted by molar-refractivity contribution is -0.128. The van der Waals surface area contributed by atoms with Gasteiger partial charge in [0.25, 0.3) is 12.3 Å². The third-order valence-electron chi connectivity index (χ3n) is 8.39. The highest BCUT2D eigenvalue weighted by Gasteiger charge is 2.38. The van der Waals surface area contributed by atoms with Crippen molar-refractivity contribution < 1.29 is 28.2 Å². The number of aryl methyl sites for hydroxylation is 2. The lowest BCUT2D eigenvalue weighted by Gasteiger charge is -2.33. The number of para-hydroxylation sites is 1. The van der Waals surface area contributed by atoms with E-state index in [9.17, 15) is 18.7 Å². The Morgan fingerprint density at radius 3 is 2.46 bits per heavy atom. The zero-order valence-corrected chi connectivity index (χ0v) is 27.1. The minimum absolute atomic E-state index is 0.0701. The number of amides is 1. The predicted octanol–water partition coefficient (Wildman–Crippen LogP) is 6.07. The molecule has 0 aromatic heterocycles. The second-order valence-electron chi connectivity index (χ2n) is 11.9. The zero-order chi connectivity index (χ0) is 32.6.